The number of para-hydroxylation sites is 1. The molecule has 13 rings (SSSR count). The normalized spacial score (nSPS) is 17.7. The molecule has 0 aliphatic heterocycles. The van der Waals surface area contributed by atoms with Gasteiger partial charge >= 0.3 is 0 Å². The third kappa shape index (κ3) is 5.32. The molecule has 3 aliphatic rings. The summed E-state index contributed by atoms with van der Waals surface area (Å²) in [5.41, 5.74) is 17.8. The Bertz CT molecular complexity index is 3640. The highest BCUT2D eigenvalue weighted by Crippen LogP contribution is 2.55. The zero-order chi connectivity index (χ0) is 42.9. The molecule has 1 aromatic heterocycles. The van der Waals surface area contributed by atoms with Gasteiger partial charge in [0.1, 0.15) is 0 Å². The van der Waals surface area contributed by atoms with Gasteiger partial charge in [0, 0.05) is 44.6 Å². The molecule has 2 heteroatoms. The van der Waals surface area contributed by atoms with Crippen LogP contribution in [0.1, 0.15) is 55.9 Å². The van der Waals surface area contributed by atoms with Crippen molar-refractivity contribution in [3.8, 4) is 27.9 Å². The third-order valence-electron chi connectivity index (χ3n) is 15.2. The maximum Gasteiger partial charge on any atom is 0.0541 e. The molecule has 306 valence electrons. The molecule has 0 spiro atoms. The number of hydrogen-bond donors (Lipinski definition) is 0. The summed E-state index contributed by atoms with van der Waals surface area (Å²) in [7, 11) is 0. The van der Waals surface area contributed by atoms with Crippen LogP contribution in [0.5, 0.6) is 0 Å². The maximum atomic E-state index is 2.57. The predicted octanol–water partition coefficient (Wildman–Crippen LogP) is 16.3. The molecule has 10 aromatic rings. The summed E-state index contributed by atoms with van der Waals surface area (Å²) >= 11 is 0. The van der Waals surface area contributed by atoms with Gasteiger partial charge in [0.05, 0.1) is 16.7 Å². The lowest BCUT2D eigenvalue weighted by molar-refractivity contribution is 0.392. The summed E-state index contributed by atoms with van der Waals surface area (Å²) in [5, 5.41) is 7.54. The molecule has 0 saturated carbocycles. The van der Waals surface area contributed by atoms with Crippen LogP contribution in [0, 0.1) is 5.92 Å². The molecule has 1 heterocycles. The number of aromatic nitrogens is 1. The second-order valence-corrected chi connectivity index (χ2v) is 19.4. The Hall–Kier alpha value is -7.42. The number of rotatable bonds is 5. The molecule has 0 fully saturated rings. The number of benzene rings is 9. The Morgan fingerprint density at radius 3 is 1.98 bits per heavy atom. The van der Waals surface area contributed by atoms with Crippen molar-refractivity contribution in [1.29, 1.82) is 0 Å². The first-order chi connectivity index (χ1) is 31.2. The molecule has 2 unspecified atom stereocenters. The average molecular weight is 821 g/mol. The van der Waals surface area contributed by atoms with E-state index in [0.717, 1.165) is 0 Å². The van der Waals surface area contributed by atoms with Gasteiger partial charge in [-0.25, -0.2) is 0 Å². The Morgan fingerprint density at radius 1 is 0.469 bits per heavy atom. The minimum absolute atomic E-state index is 0.0178. The van der Waals surface area contributed by atoms with E-state index in [2.05, 4.69) is 243 Å². The summed E-state index contributed by atoms with van der Waals surface area (Å²) in [6, 6.07) is 70.3. The predicted molar refractivity (Wildman–Crippen MR) is 270 cm³/mol. The molecule has 64 heavy (non-hydrogen) atoms. The first kappa shape index (κ1) is 37.2. The number of anilines is 2. The summed E-state index contributed by atoms with van der Waals surface area (Å²) < 4.78 is 2.45. The largest absolute Gasteiger partial charge is 0.311 e. The molecule has 0 saturated heterocycles. The lowest BCUT2D eigenvalue weighted by Gasteiger charge is -2.35. The molecule has 2 atom stereocenters. The number of fused-ring (bicyclic) bond motifs is 11. The lowest BCUT2D eigenvalue weighted by Crippen LogP contribution is -2.28. The van der Waals surface area contributed by atoms with Crippen molar-refractivity contribution in [3.63, 3.8) is 0 Å². The van der Waals surface area contributed by atoms with Gasteiger partial charge in [-0.05, 0) is 133 Å². The summed E-state index contributed by atoms with van der Waals surface area (Å²) in [6.45, 7) is 9.68. The molecule has 0 radical (unpaired) electrons. The number of nitrogens with zero attached hydrogens (tertiary/aromatic N) is 2. The van der Waals surface area contributed by atoms with Crippen LogP contribution >= 0.6 is 0 Å². The number of allylic oxidation sites excluding steroid dienone is 3. The van der Waals surface area contributed by atoms with Gasteiger partial charge in [-0.15, -0.1) is 0 Å². The van der Waals surface area contributed by atoms with E-state index in [1.165, 1.54) is 111 Å². The smallest absolute Gasteiger partial charge is 0.0541 e. The zero-order valence-corrected chi connectivity index (χ0v) is 36.7. The molecule has 2 nitrogen and oxygen atoms in total. The molecule has 0 N–H and O–H groups in total. The van der Waals surface area contributed by atoms with E-state index in [0.29, 0.717) is 11.8 Å². The molecule has 0 bridgehead atoms. The van der Waals surface area contributed by atoms with E-state index in [-0.39, 0.29) is 10.8 Å². The van der Waals surface area contributed by atoms with E-state index in [9.17, 15) is 0 Å². The van der Waals surface area contributed by atoms with Crippen LogP contribution < -0.4 is 4.90 Å². The van der Waals surface area contributed by atoms with Crippen molar-refractivity contribution in [2.24, 2.45) is 5.92 Å². The minimum Gasteiger partial charge on any atom is -0.311 e. The fraction of sp³-hybridized carbons (Fsp3) is 0.129. The fourth-order valence-corrected chi connectivity index (χ4v) is 11.9. The Balaban J connectivity index is 0.909. The van der Waals surface area contributed by atoms with Crippen LogP contribution in [-0.4, -0.2) is 4.57 Å². The molecule has 0 amide bonds. The molecule has 9 aromatic carbocycles. The molecule has 3 aliphatic carbocycles. The summed E-state index contributed by atoms with van der Waals surface area (Å²) in [6.07, 6.45) is 7.41. The highest BCUT2D eigenvalue weighted by atomic mass is 15.1. The lowest BCUT2D eigenvalue weighted by atomic mass is 9.74. The minimum atomic E-state index is -0.211. The first-order valence-corrected chi connectivity index (χ1v) is 22.8. The zero-order valence-electron chi connectivity index (χ0n) is 36.7. The van der Waals surface area contributed by atoms with Crippen LogP contribution in [0.4, 0.5) is 11.4 Å². The van der Waals surface area contributed by atoms with Crippen molar-refractivity contribution in [1.82, 2.24) is 4.57 Å². The first-order valence-electron chi connectivity index (χ1n) is 22.8. The highest BCUT2D eigenvalue weighted by molar-refractivity contribution is 6.11. The third-order valence-corrected chi connectivity index (χ3v) is 15.2. The van der Waals surface area contributed by atoms with E-state index in [1.807, 2.05) is 0 Å². The average Bonchev–Trinajstić information content (AvgIpc) is 3.87. The van der Waals surface area contributed by atoms with Crippen molar-refractivity contribution in [3.05, 3.63) is 234 Å². The van der Waals surface area contributed by atoms with Gasteiger partial charge in [0.2, 0.25) is 0 Å². The second kappa shape index (κ2) is 13.5. The van der Waals surface area contributed by atoms with E-state index in [4.69, 9.17) is 0 Å². The van der Waals surface area contributed by atoms with Gasteiger partial charge in [0.15, 0.2) is 0 Å². The standard InChI is InChI=1S/C62H48N2/c1-61(2)54-21-11-9-19-48(54)50-31-28-45(37-56(50)61)63(44-27-24-39-14-5-6-16-41(39)34-44)46-29-32-51-49-30-25-43(36-55(49)62(3,4)57(51)38-46)42-26-33-60-53(35-42)52-20-10-12-22-59(52)64(60)58-23-13-17-40-15-7-8-18-47(40)58/h5-38,50,56H,1-4H3. The van der Waals surface area contributed by atoms with Crippen LogP contribution in [0.3, 0.4) is 0 Å². The van der Waals surface area contributed by atoms with Gasteiger partial charge in [0.25, 0.3) is 0 Å². The monoisotopic (exact) mass is 820 g/mol. The second-order valence-electron chi connectivity index (χ2n) is 19.4. The van der Waals surface area contributed by atoms with Crippen molar-refractivity contribution >= 4 is 54.7 Å². The Morgan fingerprint density at radius 2 is 1.11 bits per heavy atom. The van der Waals surface area contributed by atoms with Gasteiger partial charge in [-0.1, -0.05) is 173 Å². The van der Waals surface area contributed by atoms with Crippen LogP contribution in [0.2, 0.25) is 0 Å². The van der Waals surface area contributed by atoms with E-state index < -0.39 is 0 Å². The van der Waals surface area contributed by atoms with Crippen LogP contribution in [0.25, 0.3) is 71.3 Å². The van der Waals surface area contributed by atoms with Crippen LogP contribution in [0.15, 0.2) is 212 Å². The molecular weight excluding hydrogens is 773 g/mol. The highest BCUT2D eigenvalue weighted by Gasteiger charge is 2.45. The van der Waals surface area contributed by atoms with Crippen LogP contribution in [-0.2, 0) is 10.8 Å². The van der Waals surface area contributed by atoms with Crippen molar-refractivity contribution in [2.75, 3.05) is 4.90 Å². The fourth-order valence-electron chi connectivity index (χ4n) is 11.9. The van der Waals surface area contributed by atoms with Gasteiger partial charge < -0.3 is 9.47 Å². The van der Waals surface area contributed by atoms with Crippen molar-refractivity contribution in [2.45, 2.75) is 44.4 Å². The SMILES string of the molecule is CC1(C)c2cc(-c3ccc4c(c3)c3ccccc3n4-c3cccc4ccccc34)ccc2-c2ccc(N(C3=CC4C(C=C3)c3ccccc3C4(C)C)c3ccc4ccccc4c3)cc21. The maximum absolute atomic E-state index is 2.57. The summed E-state index contributed by atoms with van der Waals surface area (Å²) in [4.78, 5) is 2.51. The molecular formula is C62H48N2. The van der Waals surface area contributed by atoms with E-state index >= 15 is 0 Å². The van der Waals surface area contributed by atoms with Crippen molar-refractivity contribution < 1.29 is 0 Å². The Kier molecular flexibility index (Phi) is 7.86. The quantitative estimate of drug-likeness (QED) is 0.168. The Labute approximate surface area is 375 Å². The summed E-state index contributed by atoms with van der Waals surface area (Å²) in [5.74, 6) is 0.731. The number of hydrogen-bond acceptors (Lipinski definition) is 1. The van der Waals surface area contributed by atoms with Gasteiger partial charge in [-0.3, -0.25) is 0 Å². The van der Waals surface area contributed by atoms with Gasteiger partial charge in [-0.2, -0.15) is 0 Å². The van der Waals surface area contributed by atoms with E-state index in [1.54, 1.807) is 0 Å². The topological polar surface area (TPSA) is 8.17 Å².